The second kappa shape index (κ2) is 5.41. The zero-order valence-corrected chi connectivity index (χ0v) is 12.9. The fraction of sp³-hybridized carbons (Fsp3) is 0.0769. The molecular weight excluding hydrogens is 347 g/mol. The number of para-hydroxylation sites is 1. The summed E-state index contributed by atoms with van der Waals surface area (Å²) in [7, 11) is -3.43. The summed E-state index contributed by atoms with van der Waals surface area (Å²) in [5, 5.41) is 2.79. The molecule has 0 radical (unpaired) electrons. The second-order valence-electron chi connectivity index (χ2n) is 4.24. The Hall–Kier alpha value is -1.60. The predicted molar refractivity (Wildman–Crippen MR) is 81.3 cm³/mol. The van der Waals surface area contributed by atoms with E-state index in [2.05, 4.69) is 21.2 Å². The summed E-state index contributed by atoms with van der Waals surface area (Å²) in [5.74, 6) is -0.469. The Labute approximate surface area is 124 Å². The number of rotatable bonds is 3. The van der Waals surface area contributed by atoms with Gasteiger partial charge in [0.05, 0.1) is 22.0 Å². The zero-order valence-electron chi connectivity index (χ0n) is 10.5. The highest BCUT2D eigenvalue weighted by Crippen LogP contribution is 2.30. The average molecular weight is 359 g/mol. The van der Waals surface area contributed by atoms with Crippen molar-refractivity contribution >= 4 is 42.8 Å². The molecule has 2 rings (SSSR count). The van der Waals surface area contributed by atoms with Crippen molar-refractivity contribution in [3.8, 4) is 0 Å². The molecule has 20 heavy (non-hydrogen) atoms. The standard InChI is InChI=1S/C13H12BrFN2O2S/c1-20(18,19)12-4-2-3-11(13(12)16)17-10-6-5-8(14)7-9(10)15/h2-7,17H,16H2,1H3. The van der Waals surface area contributed by atoms with Gasteiger partial charge in [0.2, 0.25) is 0 Å². The fourth-order valence-corrected chi connectivity index (χ4v) is 2.88. The first kappa shape index (κ1) is 14.8. The third-order valence-corrected chi connectivity index (χ3v) is 4.31. The molecule has 0 aliphatic rings. The second-order valence-corrected chi connectivity index (χ2v) is 7.14. The fourth-order valence-electron chi connectivity index (χ4n) is 1.71. The monoisotopic (exact) mass is 358 g/mol. The molecule has 2 aromatic carbocycles. The van der Waals surface area contributed by atoms with Gasteiger partial charge in [-0.15, -0.1) is 0 Å². The van der Waals surface area contributed by atoms with Crippen molar-refractivity contribution in [1.29, 1.82) is 0 Å². The van der Waals surface area contributed by atoms with Gasteiger partial charge in [-0.05, 0) is 30.3 Å². The van der Waals surface area contributed by atoms with Crippen molar-refractivity contribution in [2.24, 2.45) is 0 Å². The molecule has 0 aliphatic heterocycles. The van der Waals surface area contributed by atoms with Crippen molar-refractivity contribution in [3.05, 3.63) is 46.7 Å². The topological polar surface area (TPSA) is 72.2 Å². The molecule has 0 amide bonds. The van der Waals surface area contributed by atoms with E-state index in [-0.39, 0.29) is 16.3 Å². The van der Waals surface area contributed by atoms with Gasteiger partial charge in [0.25, 0.3) is 0 Å². The van der Waals surface area contributed by atoms with Gasteiger partial charge < -0.3 is 11.1 Å². The normalized spacial score (nSPS) is 11.3. The van der Waals surface area contributed by atoms with Gasteiger partial charge in [0.1, 0.15) is 5.82 Å². The SMILES string of the molecule is CS(=O)(=O)c1cccc(Nc2ccc(Br)cc2F)c1N. The lowest BCUT2D eigenvalue weighted by molar-refractivity contribution is 0.602. The van der Waals surface area contributed by atoms with Crippen molar-refractivity contribution in [2.75, 3.05) is 17.3 Å². The minimum atomic E-state index is -3.43. The molecule has 0 saturated carbocycles. The number of sulfone groups is 1. The quantitative estimate of drug-likeness (QED) is 0.825. The average Bonchev–Trinajstić information content (AvgIpc) is 2.33. The summed E-state index contributed by atoms with van der Waals surface area (Å²) in [6.07, 6.45) is 1.07. The lowest BCUT2D eigenvalue weighted by Gasteiger charge is -2.12. The van der Waals surface area contributed by atoms with Crippen LogP contribution in [0.2, 0.25) is 0 Å². The highest BCUT2D eigenvalue weighted by Gasteiger charge is 2.14. The first-order valence-electron chi connectivity index (χ1n) is 5.59. The van der Waals surface area contributed by atoms with Crippen LogP contribution in [0.4, 0.5) is 21.5 Å². The van der Waals surface area contributed by atoms with Crippen LogP contribution in [0.1, 0.15) is 0 Å². The third-order valence-electron chi connectivity index (χ3n) is 2.67. The number of hydrogen-bond donors (Lipinski definition) is 2. The first-order chi connectivity index (χ1) is 9.29. The molecule has 2 aromatic rings. The molecule has 4 nitrogen and oxygen atoms in total. The van der Waals surface area contributed by atoms with Crippen LogP contribution in [0, 0.1) is 5.82 Å². The first-order valence-corrected chi connectivity index (χ1v) is 8.28. The van der Waals surface area contributed by atoms with Gasteiger partial charge in [0, 0.05) is 10.7 Å². The van der Waals surface area contributed by atoms with Crippen molar-refractivity contribution in [3.63, 3.8) is 0 Å². The summed E-state index contributed by atoms with van der Waals surface area (Å²) in [5.41, 5.74) is 6.45. The Kier molecular flexibility index (Phi) is 4.01. The van der Waals surface area contributed by atoms with Gasteiger partial charge in [0.15, 0.2) is 9.84 Å². The van der Waals surface area contributed by atoms with E-state index in [1.54, 1.807) is 18.2 Å². The van der Waals surface area contributed by atoms with E-state index in [4.69, 9.17) is 5.73 Å². The van der Waals surface area contributed by atoms with E-state index >= 15 is 0 Å². The molecule has 0 aromatic heterocycles. The lowest BCUT2D eigenvalue weighted by atomic mass is 10.2. The molecule has 0 unspecified atom stereocenters. The minimum absolute atomic E-state index is 0.0139. The van der Waals surface area contributed by atoms with Gasteiger partial charge in [-0.1, -0.05) is 22.0 Å². The Balaban J connectivity index is 2.45. The van der Waals surface area contributed by atoms with E-state index in [0.717, 1.165) is 6.26 Å². The molecule has 3 N–H and O–H groups in total. The summed E-state index contributed by atoms with van der Waals surface area (Å²) >= 11 is 3.16. The smallest absolute Gasteiger partial charge is 0.177 e. The Bertz CT molecular complexity index is 763. The molecule has 0 heterocycles. The van der Waals surface area contributed by atoms with Gasteiger partial charge >= 0.3 is 0 Å². The number of nitrogens with two attached hydrogens (primary N) is 1. The largest absolute Gasteiger partial charge is 0.396 e. The lowest BCUT2D eigenvalue weighted by Crippen LogP contribution is -2.05. The number of nitrogens with one attached hydrogen (secondary N) is 1. The third kappa shape index (κ3) is 3.10. The highest BCUT2D eigenvalue weighted by atomic mass is 79.9. The molecule has 0 atom stereocenters. The van der Waals surface area contributed by atoms with E-state index in [1.165, 1.54) is 18.2 Å². The van der Waals surface area contributed by atoms with Crippen LogP contribution in [-0.2, 0) is 9.84 Å². The van der Waals surface area contributed by atoms with Gasteiger partial charge in [-0.3, -0.25) is 0 Å². The molecule has 0 saturated heterocycles. The van der Waals surface area contributed by atoms with Gasteiger partial charge in [-0.2, -0.15) is 0 Å². The molecule has 0 spiro atoms. The maximum atomic E-state index is 13.8. The number of anilines is 3. The minimum Gasteiger partial charge on any atom is -0.396 e. The van der Waals surface area contributed by atoms with E-state index in [9.17, 15) is 12.8 Å². The van der Waals surface area contributed by atoms with Crippen LogP contribution in [0.5, 0.6) is 0 Å². The number of hydrogen-bond acceptors (Lipinski definition) is 4. The summed E-state index contributed by atoms with van der Waals surface area (Å²) in [6, 6.07) is 9.05. The molecule has 0 fully saturated rings. The van der Waals surface area contributed by atoms with Crippen LogP contribution in [0.25, 0.3) is 0 Å². The van der Waals surface area contributed by atoms with E-state index < -0.39 is 15.7 Å². The van der Waals surface area contributed by atoms with Crippen molar-refractivity contribution in [1.82, 2.24) is 0 Å². The summed E-state index contributed by atoms with van der Waals surface area (Å²) < 4.78 is 37.5. The Morgan fingerprint density at radius 1 is 1.20 bits per heavy atom. The zero-order chi connectivity index (χ0) is 14.9. The van der Waals surface area contributed by atoms with E-state index in [0.29, 0.717) is 10.2 Å². The Morgan fingerprint density at radius 2 is 1.90 bits per heavy atom. The van der Waals surface area contributed by atoms with Crippen LogP contribution in [0.15, 0.2) is 45.8 Å². The van der Waals surface area contributed by atoms with Crippen LogP contribution in [0.3, 0.4) is 0 Å². The Morgan fingerprint density at radius 3 is 2.50 bits per heavy atom. The maximum absolute atomic E-state index is 13.8. The highest BCUT2D eigenvalue weighted by molar-refractivity contribution is 9.10. The van der Waals surface area contributed by atoms with Crippen molar-refractivity contribution < 1.29 is 12.8 Å². The molecule has 7 heteroatoms. The number of benzene rings is 2. The predicted octanol–water partition coefficient (Wildman–Crippen LogP) is 3.32. The van der Waals surface area contributed by atoms with Crippen LogP contribution < -0.4 is 11.1 Å². The summed E-state index contributed by atoms with van der Waals surface area (Å²) in [6.45, 7) is 0. The van der Waals surface area contributed by atoms with Crippen LogP contribution in [-0.4, -0.2) is 14.7 Å². The molecule has 106 valence electrons. The maximum Gasteiger partial charge on any atom is 0.177 e. The van der Waals surface area contributed by atoms with Crippen molar-refractivity contribution in [2.45, 2.75) is 4.90 Å². The summed E-state index contributed by atoms with van der Waals surface area (Å²) in [4.78, 5) is 0.0139. The molecule has 0 aliphatic carbocycles. The molecule has 0 bridgehead atoms. The number of nitrogen functional groups attached to an aromatic ring is 1. The van der Waals surface area contributed by atoms with Gasteiger partial charge in [-0.25, -0.2) is 12.8 Å². The van der Waals surface area contributed by atoms with E-state index in [1.807, 2.05) is 0 Å². The molecular formula is C13H12BrFN2O2S. The number of halogens is 2. The van der Waals surface area contributed by atoms with Crippen LogP contribution >= 0.6 is 15.9 Å².